The van der Waals surface area contributed by atoms with E-state index in [1.807, 2.05) is 12.1 Å². The Balaban J connectivity index is 1.62. The van der Waals surface area contributed by atoms with Gasteiger partial charge in [0.25, 0.3) is 5.91 Å². The molecular formula is C25H30N2OS. The van der Waals surface area contributed by atoms with Crippen LogP contribution < -0.4 is 5.32 Å². The highest BCUT2D eigenvalue weighted by atomic mass is 32.2. The van der Waals surface area contributed by atoms with Crippen LogP contribution >= 0.6 is 11.8 Å². The van der Waals surface area contributed by atoms with Crippen LogP contribution in [0, 0.1) is 11.8 Å². The zero-order valence-corrected chi connectivity index (χ0v) is 18.4. The van der Waals surface area contributed by atoms with Gasteiger partial charge in [0.2, 0.25) is 0 Å². The maximum absolute atomic E-state index is 13.0. The SMILES string of the molecule is CCCC1=Nc2cc(C(=O)N[C@@H]3CCC[C@@H](C)[C@@H]3C)ccc2Sc2ccccc21. The topological polar surface area (TPSA) is 41.5 Å². The largest absolute Gasteiger partial charge is 0.349 e. The first kappa shape index (κ1) is 20.2. The van der Waals surface area contributed by atoms with Crippen LogP contribution in [0.25, 0.3) is 0 Å². The third-order valence-corrected chi connectivity index (χ3v) is 7.55. The van der Waals surface area contributed by atoms with Gasteiger partial charge < -0.3 is 5.32 Å². The lowest BCUT2D eigenvalue weighted by Gasteiger charge is -2.34. The molecule has 4 rings (SSSR count). The van der Waals surface area contributed by atoms with Gasteiger partial charge in [-0.3, -0.25) is 9.79 Å². The van der Waals surface area contributed by atoms with Crippen LogP contribution in [0.2, 0.25) is 0 Å². The van der Waals surface area contributed by atoms with Crippen LogP contribution in [0.15, 0.2) is 57.2 Å². The summed E-state index contributed by atoms with van der Waals surface area (Å²) >= 11 is 1.74. The monoisotopic (exact) mass is 406 g/mol. The molecule has 0 unspecified atom stereocenters. The van der Waals surface area contributed by atoms with Crippen LogP contribution in [0.1, 0.15) is 68.8 Å². The van der Waals surface area contributed by atoms with E-state index in [0.29, 0.717) is 17.4 Å². The third-order valence-electron chi connectivity index (χ3n) is 6.40. The molecule has 1 heterocycles. The smallest absolute Gasteiger partial charge is 0.251 e. The average molecular weight is 407 g/mol. The second-order valence-electron chi connectivity index (χ2n) is 8.44. The molecule has 2 aliphatic rings. The number of benzene rings is 2. The highest BCUT2D eigenvalue weighted by molar-refractivity contribution is 7.99. The molecular weight excluding hydrogens is 376 g/mol. The number of carbonyl (C=O) groups excluding carboxylic acids is 1. The summed E-state index contributed by atoms with van der Waals surface area (Å²) in [5.74, 6) is 1.21. The molecule has 1 fully saturated rings. The first-order valence-corrected chi connectivity index (χ1v) is 11.7. The summed E-state index contributed by atoms with van der Waals surface area (Å²) < 4.78 is 0. The first-order valence-electron chi connectivity index (χ1n) is 10.9. The lowest BCUT2D eigenvalue weighted by Crippen LogP contribution is -2.43. The lowest BCUT2D eigenvalue weighted by molar-refractivity contribution is 0.0891. The van der Waals surface area contributed by atoms with Gasteiger partial charge in [-0.25, -0.2) is 0 Å². The van der Waals surface area contributed by atoms with E-state index in [-0.39, 0.29) is 11.9 Å². The van der Waals surface area contributed by atoms with Gasteiger partial charge in [0, 0.05) is 32.7 Å². The zero-order valence-electron chi connectivity index (χ0n) is 17.6. The van der Waals surface area contributed by atoms with Crippen molar-refractivity contribution >= 4 is 29.1 Å². The molecule has 1 saturated carbocycles. The molecule has 0 spiro atoms. The number of hydrogen-bond donors (Lipinski definition) is 1. The minimum atomic E-state index is 0.0257. The van der Waals surface area contributed by atoms with Crippen molar-refractivity contribution in [2.75, 3.05) is 0 Å². The molecule has 1 N–H and O–H groups in total. The number of rotatable bonds is 4. The number of nitrogens with one attached hydrogen (secondary N) is 1. The van der Waals surface area contributed by atoms with E-state index < -0.39 is 0 Å². The normalized spacial score (nSPS) is 23.4. The second kappa shape index (κ2) is 8.74. The average Bonchev–Trinajstić information content (AvgIpc) is 2.87. The second-order valence-corrected chi connectivity index (χ2v) is 9.52. The molecule has 4 heteroatoms. The van der Waals surface area contributed by atoms with Crippen LogP contribution in [0.4, 0.5) is 5.69 Å². The standard InChI is InChI=1S/C25H30N2OS/c1-4-8-21-19-10-5-6-12-23(19)29-24-14-13-18(15-22(24)26-21)25(28)27-20-11-7-9-16(2)17(20)3/h5-6,10,12-17,20H,4,7-9,11H2,1-3H3,(H,27,28)/t16-,17+,20-/m1/s1. The Morgan fingerprint density at radius 1 is 1.14 bits per heavy atom. The van der Waals surface area contributed by atoms with Crippen LogP contribution in [-0.2, 0) is 0 Å². The molecule has 2 aromatic carbocycles. The van der Waals surface area contributed by atoms with E-state index in [2.05, 4.69) is 56.4 Å². The van der Waals surface area contributed by atoms with Crippen molar-refractivity contribution in [2.45, 2.75) is 68.7 Å². The Labute approximate surface area is 178 Å². The quantitative estimate of drug-likeness (QED) is 0.619. The fourth-order valence-corrected chi connectivity index (χ4v) is 5.44. The Morgan fingerprint density at radius 3 is 2.79 bits per heavy atom. The molecule has 152 valence electrons. The van der Waals surface area contributed by atoms with Gasteiger partial charge in [0.05, 0.1) is 5.69 Å². The van der Waals surface area contributed by atoms with Crippen LogP contribution in [0.5, 0.6) is 0 Å². The summed E-state index contributed by atoms with van der Waals surface area (Å²) in [5.41, 5.74) is 3.95. The molecule has 3 atom stereocenters. The molecule has 0 radical (unpaired) electrons. The predicted molar refractivity (Wildman–Crippen MR) is 122 cm³/mol. The van der Waals surface area contributed by atoms with Gasteiger partial charge in [0.15, 0.2) is 0 Å². The van der Waals surface area contributed by atoms with Gasteiger partial charge in [-0.15, -0.1) is 0 Å². The molecule has 2 aromatic rings. The van der Waals surface area contributed by atoms with Gasteiger partial charge in [0.1, 0.15) is 0 Å². The number of fused-ring (bicyclic) bond motifs is 2. The van der Waals surface area contributed by atoms with Gasteiger partial charge >= 0.3 is 0 Å². The summed E-state index contributed by atoms with van der Waals surface area (Å²) in [7, 11) is 0. The molecule has 0 aromatic heterocycles. The fraction of sp³-hybridized carbons (Fsp3) is 0.440. The molecule has 1 aliphatic heterocycles. The number of hydrogen-bond acceptors (Lipinski definition) is 3. The molecule has 0 bridgehead atoms. The Morgan fingerprint density at radius 2 is 1.97 bits per heavy atom. The van der Waals surface area contributed by atoms with E-state index in [0.717, 1.165) is 35.6 Å². The Kier molecular flexibility index (Phi) is 6.09. The van der Waals surface area contributed by atoms with Crippen molar-refractivity contribution in [3.63, 3.8) is 0 Å². The van der Waals surface area contributed by atoms with Crippen LogP contribution in [-0.4, -0.2) is 17.7 Å². The van der Waals surface area contributed by atoms with Crippen LogP contribution in [0.3, 0.4) is 0 Å². The number of amides is 1. The molecule has 1 aliphatic carbocycles. The van der Waals surface area contributed by atoms with Crippen molar-refractivity contribution in [1.29, 1.82) is 0 Å². The highest BCUT2D eigenvalue weighted by Gasteiger charge is 2.28. The maximum Gasteiger partial charge on any atom is 0.251 e. The predicted octanol–water partition coefficient (Wildman–Crippen LogP) is 6.63. The lowest BCUT2D eigenvalue weighted by atomic mass is 9.78. The zero-order chi connectivity index (χ0) is 20.4. The van der Waals surface area contributed by atoms with E-state index in [9.17, 15) is 4.79 Å². The van der Waals surface area contributed by atoms with Crippen molar-refractivity contribution < 1.29 is 4.79 Å². The van der Waals surface area contributed by atoms with Crippen molar-refractivity contribution in [3.05, 3.63) is 53.6 Å². The maximum atomic E-state index is 13.0. The van der Waals surface area contributed by atoms with Gasteiger partial charge in [-0.2, -0.15) is 0 Å². The molecule has 29 heavy (non-hydrogen) atoms. The first-order chi connectivity index (χ1) is 14.1. The van der Waals surface area contributed by atoms with E-state index in [1.54, 1.807) is 11.8 Å². The number of carbonyl (C=O) groups is 1. The number of aliphatic imine (C=N–C) groups is 1. The number of nitrogens with zero attached hydrogens (tertiary/aromatic N) is 1. The minimum Gasteiger partial charge on any atom is -0.349 e. The van der Waals surface area contributed by atoms with E-state index >= 15 is 0 Å². The van der Waals surface area contributed by atoms with E-state index in [1.165, 1.54) is 23.3 Å². The Bertz CT molecular complexity index is 936. The van der Waals surface area contributed by atoms with E-state index in [4.69, 9.17) is 4.99 Å². The summed E-state index contributed by atoms with van der Waals surface area (Å²) in [5, 5.41) is 3.30. The summed E-state index contributed by atoms with van der Waals surface area (Å²) in [6.45, 7) is 6.74. The molecule has 1 amide bonds. The van der Waals surface area contributed by atoms with Crippen molar-refractivity contribution in [1.82, 2.24) is 5.32 Å². The highest BCUT2D eigenvalue weighted by Crippen LogP contribution is 2.41. The fourth-order valence-electron chi connectivity index (χ4n) is 4.42. The van der Waals surface area contributed by atoms with Gasteiger partial charge in [-0.05, 0) is 48.9 Å². The summed E-state index contributed by atoms with van der Waals surface area (Å²) in [4.78, 5) is 20.3. The summed E-state index contributed by atoms with van der Waals surface area (Å²) in [6, 6.07) is 14.7. The molecule has 0 saturated heterocycles. The van der Waals surface area contributed by atoms with Crippen molar-refractivity contribution in [3.8, 4) is 0 Å². The summed E-state index contributed by atoms with van der Waals surface area (Å²) in [6.07, 6.45) is 5.52. The third kappa shape index (κ3) is 4.28. The van der Waals surface area contributed by atoms with Crippen molar-refractivity contribution in [2.24, 2.45) is 16.8 Å². The van der Waals surface area contributed by atoms with Gasteiger partial charge in [-0.1, -0.05) is 70.0 Å². The molecule has 3 nitrogen and oxygen atoms in total. The Hall–Kier alpha value is -2.07. The minimum absolute atomic E-state index is 0.0257.